The molecule has 2 N–H and O–H groups in total. The van der Waals surface area contributed by atoms with Crippen LogP contribution >= 0.6 is 0 Å². The molecule has 2 amide bonds. The fraction of sp³-hybridized carbons (Fsp3) is 0.923. The quantitative estimate of drug-likeness (QED) is 0.738. The van der Waals surface area contributed by atoms with E-state index in [2.05, 4.69) is 27.5 Å². The maximum Gasteiger partial charge on any atom is 0.314 e. The van der Waals surface area contributed by atoms with Gasteiger partial charge in [-0.1, -0.05) is 13.8 Å². The Morgan fingerprint density at radius 2 is 1.78 bits per heavy atom. The van der Waals surface area contributed by atoms with Gasteiger partial charge in [0.05, 0.1) is 0 Å². The van der Waals surface area contributed by atoms with E-state index in [1.807, 2.05) is 20.8 Å². The molecular formula is C13H34N4O. The van der Waals surface area contributed by atoms with Gasteiger partial charge in [-0.25, -0.2) is 4.79 Å². The first-order valence-electron chi connectivity index (χ1n) is 7.15. The van der Waals surface area contributed by atoms with Crippen molar-refractivity contribution in [3.63, 3.8) is 0 Å². The Morgan fingerprint density at radius 1 is 1.17 bits per heavy atom. The van der Waals surface area contributed by atoms with Crippen LogP contribution in [-0.2, 0) is 0 Å². The smallest absolute Gasteiger partial charge is 0.314 e. The van der Waals surface area contributed by atoms with Gasteiger partial charge in [0.25, 0.3) is 0 Å². The van der Waals surface area contributed by atoms with E-state index in [0.717, 1.165) is 45.7 Å². The molecule has 0 aromatic carbocycles. The van der Waals surface area contributed by atoms with Crippen molar-refractivity contribution in [2.75, 3.05) is 52.9 Å². The van der Waals surface area contributed by atoms with Gasteiger partial charge >= 0.3 is 6.03 Å². The lowest BCUT2D eigenvalue weighted by atomic mass is 10.3. The van der Waals surface area contributed by atoms with E-state index in [9.17, 15) is 4.79 Å². The Labute approximate surface area is 115 Å². The summed E-state index contributed by atoms with van der Waals surface area (Å²) in [5.74, 6) is 0. The Hall–Kier alpha value is -0.810. The third-order valence-corrected chi connectivity index (χ3v) is 2.87. The highest BCUT2D eigenvalue weighted by molar-refractivity contribution is 5.73. The molecule has 0 unspecified atom stereocenters. The van der Waals surface area contributed by atoms with Crippen LogP contribution in [-0.4, -0.2) is 68.7 Å². The van der Waals surface area contributed by atoms with Gasteiger partial charge in [0.15, 0.2) is 0 Å². The first kappa shape index (κ1) is 17.2. The van der Waals surface area contributed by atoms with E-state index >= 15 is 0 Å². The highest BCUT2D eigenvalue weighted by atomic mass is 16.2. The van der Waals surface area contributed by atoms with E-state index in [0.29, 0.717) is 6.54 Å². The largest absolute Gasteiger partial charge is 0.338 e. The molecule has 1 saturated heterocycles. The van der Waals surface area contributed by atoms with Crippen LogP contribution in [0.1, 0.15) is 30.0 Å². The van der Waals surface area contributed by atoms with E-state index in [4.69, 9.17) is 0 Å². The second-order valence-corrected chi connectivity index (χ2v) is 4.28. The summed E-state index contributed by atoms with van der Waals surface area (Å²) in [6.07, 6.45) is 1.03. The third-order valence-electron chi connectivity index (χ3n) is 2.87. The number of urea groups is 1. The second-order valence-electron chi connectivity index (χ2n) is 4.28. The molecule has 1 rings (SSSR count). The van der Waals surface area contributed by atoms with E-state index in [-0.39, 0.29) is 8.88 Å². The van der Waals surface area contributed by atoms with Crippen molar-refractivity contribution >= 4 is 6.03 Å². The summed E-state index contributed by atoms with van der Waals surface area (Å²) in [7, 11) is 2.16. The van der Waals surface area contributed by atoms with Gasteiger partial charge in [0.2, 0.25) is 0 Å². The molecule has 1 fully saturated rings. The molecule has 0 radical (unpaired) electrons. The van der Waals surface area contributed by atoms with Crippen molar-refractivity contribution in [2.45, 2.75) is 27.2 Å². The van der Waals surface area contributed by atoms with Crippen LogP contribution in [0.25, 0.3) is 0 Å². The SMILES string of the molecule is CC.CCNC(=O)NCCCN1CCN(C)CC1.[HH].[HH]. The number of rotatable bonds is 5. The fourth-order valence-electron chi connectivity index (χ4n) is 1.80. The van der Waals surface area contributed by atoms with Crippen molar-refractivity contribution in [1.29, 1.82) is 0 Å². The standard InChI is InChI=1S/C11H24N4O.C2H6.2H2/c1-3-12-11(16)13-5-4-6-15-9-7-14(2)8-10-15;1-2;;/h3-10H2,1-2H3,(H2,12,13,16);1-2H3;2*1H. The van der Waals surface area contributed by atoms with Gasteiger partial charge < -0.3 is 20.4 Å². The highest BCUT2D eigenvalue weighted by Crippen LogP contribution is 1.99. The molecule has 1 heterocycles. The first-order valence-corrected chi connectivity index (χ1v) is 7.15. The molecule has 0 bridgehead atoms. The number of hydrogen-bond acceptors (Lipinski definition) is 3. The van der Waals surface area contributed by atoms with Gasteiger partial charge in [0.1, 0.15) is 0 Å². The number of nitrogens with one attached hydrogen (secondary N) is 2. The van der Waals surface area contributed by atoms with E-state index in [1.54, 1.807) is 0 Å². The summed E-state index contributed by atoms with van der Waals surface area (Å²) in [4.78, 5) is 15.9. The molecule has 1 aliphatic rings. The lowest BCUT2D eigenvalue weighted by Crippen LogP contribution is -2.45. The van der Waals surface area contributed by atoms with E-state index < -0.39 is 0 Å². The Kier molecular flexibility index (Phi) is 10.8. The Balaban J connectivity index is -0.000000689. The number of amides is 2. The molecule has 5 heteroatoms. The summed E-state index contributed by atoms with van der Waals surface area (Å²) in [6, 6.07) is -0.0547. The van der Waals surface area contributed by atoms with Crippen molar-refractivity contribution in [1.82, 2.24) is 20.4 Å². The number of carbonyl (C=O) groups excluding carboxylic acids is 1. The van der Waals surface area contributed by atoms with Gasteiger partial charge in [-0.3, -0.25) is 0 Å². The number of piperazine rings is 1. The number of carbonyl (C=O) groups is 1. The average molecular weight is 262 g/mol. The molecule has 1 aliphatic heterocycles. The third kappa shape index (κ3) is 8.31. The Morgan fingerprint density at radius 3 is 2.33 bits per heavy atom. The van der Waals surface area contributed by atoms with Crippen LogP contribution in [0.4, 0.5) is 4.79 Å². The lowest BCUT2D eigenvalue weighted by Gasteiger charge is -2.32. The van der Waals surface area contributed by atoms with Gasteiger partial charge in [-0.15, -0.1) is 0 Å². The molecule has 0 aliphatic carbocycles. The van der Waals surface area contributed by atoms with E-state index in [1.165, 1.54) is 0 Å². The fourth-order valence-corrected chi connectivity index (χ4v) is 1.80. The van der Waals surface area contributed by atoms with Gasteiger partial charge in [-0.2, -0.15) is 0 Å². The predicted molar refractivity (Wildman–Crippen MR) is 81.2 cm³/mol. The maximum atomic E-state index is 11.1. The summed E-state index contributed by atoms with van der Waals surface area (Å²) in [6.45, 7) is 13.1. The summed E-state index contributed by atoms with van der Waals surface area (Å²) < 4.78 is 0. The zero-order chi connectivity index (χ0) is 13.8. The number of likely N-dealkylation sites (N-methyl/N-ethyl adjacent to an activating group) is 1. The van der Waals surface area contributed by atoms with Crippen LogP contribution in [0.3, 0.4) is 0 Å². The molecule has 0 saturated carbocycles. The topological polar surface area (TPSA) is 47.6 Å². The second kappa shape index (κ2) is 11.3. The molecule has 0 aromatic rings. The summed E-state index contributed by atoms with van der Waals surface area (Å²) in [5, 5.41) is 5.56. The number of hydrogen-bond donors (Lipinski definition) is 2. The lowest BCUT2D eigenvalue weighted by molar-refractivity contribution is 0.153. The van der Waals surface area contributed by atoms with Crippen LogP contribution < -0.4 is 10.6 Å². The van der Waals surface area contributed by atoms with Gasteiger partial charge in [-0.05, 0) is 26.9 Å². The minimum atomic E-state index is -0.0547. The van der Waals surface area contributed by atoms with Crippen molar-refractivity contribution in [3.8, 4) is 0 Å². The molecule has 0 spiro atoms. The van der Waals surface area contributed by atoms with Crippen LogP contribution in [0.15, 0.2) is 0 Å². The molecule has 0 aromatic heterocycles. The summed E-state index contributed by atoms with van der Waals surface area (Å²) in [5.41, 5.74) is 0. The average Bonchev–Trinajstić information content (AvgIpc) is 2.39. The number of nitrogens with zero attached hydrogens (tertiary/aromatic N) is 2. The highest BCUT2D eigenvalue weighted by Gasteiger charge is 2.12. The molecule has 5 nitrogen and oxygen atoms in total. The van der Waals surface area contributed by atoms with Crippen LogP contribution in [0, 0.1) is 0 Å². The Bertz CT molecular complexity index is 213. The molecular weight excluding hydrogens is 228 g/mol. The zero-order valence-corrected chi connectivity index (χ0v) is 12.5. The first-order chi connectivity index (χ1) is 8.72. The summed E-state index contributed by atoms with van der Waals surface area (Å²) >= 11 is 0. The monoisotopic (exact) mass is 262 g/mol. The van der Waals surface area contributed by atoms with Crippen molar-refractivity contribution < 1.29 is 7.65 Å². The van der Waals surface area contributed by atoms with Crippen LogP contribution in [0.2, 0.25) is 0 Å². The zero-order valence-electron chi connectivity index (χ0n) is 12.5. The van der Waals surface area contributed by atoms with Crippen molar-refractivity contribution in [2.24, 2.45) is 0 Å². The molecule has 112 valence electrons. The molecule has 18 heavy (non-hydrogen) atoms. The minimum absolute atomic E-state index is 0. The normalized spacial score (nSPS) is 16.7. The molecule has 0 atom stereocenters. The van der Waals surface area contributed by atoms with Gasteiger partial charge in [0, 0.05) is 42.1 Å². The minimum Gasteiger partial charge on any atom is -0.338 e. The van der Waals surface area contributed by atoms with Crippen LogP contribution in [0.5, 0.6) is 0 Å². The van der Waals surface area contributed by atoms with Crippen molar-refractivity contribution in [3.05, 3.63) is 0 Å². The predicted octanol–water partition coefficient (Wildman–Crippen LogP) is 1.46. The maximum absolute atomic E-state index is 11.1.